The molecule has 18 heavy (non-hydrogen) atoms. The molecule has 0 radical (unpaired) electrons. The van der Waals surface area contributed by atoms with Crippen LogP contribution in [0.4, 0.5) is 0 Å². The predicted molar refractivity (Wildman–Crippen MR) is 74.5 cm³/mol. The van der Waals surface area contributed by atoms with Crippen molar-refractivity contribution in [3.8, 4) is 0 Å². The largest absolute Gasteiger partial charge is 0.372 e. The van der Waals surface area contributed by atoms with Crippen molar-refractivity contribution in [2.45, 2.75) is 101 Å². The van der Waals surface area contributed by atoms with Crippen LogP contribution in [0.3, 0.4) is 0 Å². The first-order valence-electron chi connectivity index (χ1n) is 8.17. The second kappa shape index (κ2) is 5.13. The van der Waals surface area contributed by atoms with Gasteiger partial charge in [-0.05, 0) is 44.9 Å². The maximum absolute atomic E-state index is 6.58. The molecule has 0 aromatic heterocycles. The summed E-state index contributed by atoms with van der Waals surface area (Å²) >= 11 is 0. The zero-order valence-corrected chi connectivity index (χ0v) is 11.8. The molecule has 1 aliphatic heterocycles. The van der Waals surface area contributed by atoms with E-state index >= 15 is 0 Å². The van der Waals surface area contributed by atoms with Crippen molar-refractivity contribution < 1.29 is 4.74 Å². The first kappa shape index (κ1) is 12.9. The van der Waals surface area contributed by atoms with Crippen LogP contribution in [0.5, 0.6) is 0 Å². The summed E-state index contributed by atoms with van der Waals surface area (Å²) in [5.41, 5.74) is 6.95. The molecule has 0 aromatic rings. The van der Waals surface area contributed by atoms with E-state index in [4.69, 9.17) is 10.5 Å². The average molecular weight is 251 g/mol. The van der Waals surface area contributed by atoms with Crippen molar-refractivity contribution in [1.82, 2.24) is 0 Å². The highest BCUT2D eigenvalue weighted by atomic mass is 16.5. The van der Waals surface area contributed by atoms with Crippen LogP contribution in [-0.2, 0) is 4.74 Å². The van der Waals surface area contributed by atoms with Gasteiger partial charge in [-0.1, -0.05) is 38.5 Å². The van der Waals surface area contributed by atoms with Gasteiger partial charge in [0.1, 0.15) is 0 Å². The summed E-state index contributed by atoms with van der Waals surface area (Å²) in [7, 11) is 0. The van der Waals surface area contributed by atoms with Crippen molar-refractivity contribution >= 4 is 0 Å². The van der Waals surface area contributed by atoms with Crippen LogP contribution >= 0.6 is 0 Å². The molecule has 1 heterocycles. The lowest BCUT2D eigenvalue weighted by molar-refractivity contribution is -0.0727. The van der Waals surface area contributed by atoms with Gasteiger partial charge in [0, 0.05) is 5.54 Å². The van der Waals surface area contributed by atoms with Crippen molar-refractivity contribution in [3.05, 3.63) is 0 Å². The molecular formula is C16H29NO. The number of nitrogens with two attached hydrogens (primary N) is 1. The Kier molecular flexibility index (Phi) is 3.68. The second-order valence-electron chi connectivity index (χ2n) is 7.15. The van der Waals surface area contributed by atoms with Crippen LogP contribution in [0.1, 0.15) is 83.5 Å². The average Bonchev–Trinajstić information content (AvgIpc) is 2.73. The van der Waals surface area contributed by atoms with E-state index in [2.05, 4.69) is 0 Å². The highest BCUT2D eigenvalue weighted by Crippen LogP contribution is 2.44. The Bertz CT molecular complexity index is 277. The molecule has 1 spiro atoms. The number of hydrogen-bond acceptors (Lipinski definition) is 2. The topological polar surface area (TPSA) is 35.2 Å². The molecule has 2 aliphatic carbocycles. The summed E-state index contributed by atoms with van der Waals surface area (Å²) < 4.78 is 6.48. The minimum Gasteiger partial charge on any atom is -0.372 e. The third-order valence-corrected chi connectivity index (χ3v) is 5.59. The molecule has 104 valence electrons. The molecule has 0 amide bonds. The fourth-order valence-corrected chi connectivity index (χ4v) is 4.52. The summed E-state index contributed by atoms with van der Waals surface area (Å²) in [6.45, 7) is 0. The second-order valence-corrected chi connectivity index (χ2v) is 7.15. The van der Waals surface area contributed by atoms with Gasteiger partial charge >= 0.3 is 0 Å². The predicted octanol–water partition coefficient (Wildman–Crippen LogP) is 3.92. The van der Waals surface area contributed by atoms with Gasteiger partial charge in [-0.25, -0.2) is 0 Å². The molecule has 1 unspecified atom stereocenters. The van der Waals surface area contributed by atoms with Crippen LogP contribution in [0, 0.1) is 0 Å². The normalized spacial score (nSPS) is 34.8. The van der Waals surface area contributed by atoms with Gasteiger partial charge in [0.25, 0.3) is 0 Å². The molecule has 2 nitrogen and oxygen atoms in total. The van der Waals surface area contributed by atoms with Gasteiger partial charge in [-0.3, -0.25) is 0 Å². The Labute approximate surface area is 112 Å². The minimum atomic E-state index is 0.100. The van der Waals surface area contributed by atoms with E-state index in [0.29, 0.717) is 6.10 Å². The van der Waals surface area contributed by atoms with E-state index in [1.165, 1.54) is 77.0 Å². The molecule has 1 atom stereocenters. The molecule has 0 bridgehead atoms. The fourth-order valence-electron chi connectivity index (χ4n) is 4.52. The summed E-state index contributed by atoms with van der Waals surface area (Å²) in [6, 6.07) is 0. The van der Waals surface area contributed by atoms with Crippen molar-refractivity contribution in [3.63, 3.8) is 0 Å². The molecular weight excluding hydrogens is 222 g/mol. The molecule has 2 heteroatoms. The molecule has 3 aliphatic rings. The monoisotopic (exact) mass is 251 g/mol. The SMILES string of the molecule is NC1(CC2CCC3(CCCCC3)O2)CCCCC1. The minimum absolute atomic E-state index is 0.100. The Morgan fingerprint density at radius 3 is 2.11 bits per heavy atom. The first-order chi connectivity index (χ1) is 8.70. The summed E-state index contributed by atoms with van der Waals surface area (Å²) in [5.74, 6) is 0. The summed E-state index contributed by atoms with van der Waals surface area (Å²) in [6.07, 6.45) is 17.4. The Hall–Kier alpha value is -0.0800. The zero-order valence-electron chi connectivity index (χ0n) is 11.8. The van der Waals surface area contributed by atoms with E-state index in [9.17, 15) is 0 Å². The molecule has 0 aromatic carbocycles. The summed E-state index contributed by atoms with van der Waals surface area (Å²) in [5, 5.41) is 0. The molecule has 3 fully saturated rings. The van der Waals surface area contributed by atoms with Crippen LogP contribution in [0.2, 0.25) is 0 Å². The van der Waals surface area contributed by atoms with Crippen molar-refractivity contribution in [2.75, 3.05) is 0 Å². The Morgan fingerprint density at radius 1 is 0.833 bits per heavy atom. The number of rotatable bonds is 2. The smallest absolute Gasteiger partial charge is 0.0687 e. The first-order valence-corrected chi connectivity index (χ1v) is 8.17. The maximum atomic E-state index is 6.58. The lowest BCUT2D eigenvalue weighted by Gasteiger charge is -2.37. The molecule has 2 N–H and O–H groups in total. The van der Waals surface area contributed by atoms with Crippen molar-refractivity contribution in [2.24, 2.45) is 5.73 Å². The Morgan fingerprint density at radius 2 is 1.44 bits per heavy atom. The zero-order chi connectivity index (χ0) is 12.5. The third-order valence-electron chi connectivity index (χ3n) is 5.59. The van der Waals surface area contributed by atoms with Gasteiger partial charge in [0.05, 0.1) is 11.7 Å². The standard InChI is InChI=1S/C16H29NO/c17-15(8-3-1-4-9-15)13-14-7-12-16(18-14)10-5-2-6-11-16/h14H,1-13,17H2. The van der Waals surface area contributed by atoms with Gasteiger partial charge in [-0.2, -0.15) is 0 Å². The summed E-state index contributed by atoms with van der Waals surface area (Å²) in [4.78, 5) is 0. The highest BCUT2D eigenvalue weighted by Gasteiger charge is 2.43. The van der Waals surface area contributed by atoms with Crippen LogP contribution in [0.15, 0.2) is 0 Å². The quantitative estimate of drug-likeness (QED) is 0.807. The van der Waals surface area contributed by atoms with Crippen LogP contribution in [-0.4, -0.2) is 17.2 Å². The van der Waals surface area contributed by atoms with Crippen molar-refractivity contribution in [1.29, 1.82) is 0 Å². The molecule has 3 rings (SSSR count). The van der Waals surface area contributed by atoms with E-state index in [1.807, 2.05) is 0 Å². The van der Waals surface area contributed by atoms with E-state index in [-0.39, 0.29) is 11.1 Å². The van der Waals surface area contributed by atoms with Gasteiger partial charge < -0.3 is 10.5 Å². The lowest BCUT2D eigenvalue weighted by Crippen LogP contribution is -2.45. The van der Waals surface area contributed by atoms with Crippen LogP contribution < -0.4 is 5.73 Å². The molecule has 1 saturated heterocycles. The number of ether oxygens (including phenoxy) is 1. The molecule has 2 saturated carbocycles. The lowest BCUT2D eigenvalue weighted by atomic mass is 9.78. The fraction of sp³-hybridized carbons (Fsp3) is 1.00. The van der Waals surface area contributed by atoms with E-state index < -0.39 is 0 Å². The highest BCUT2D eigenvalue weighted by molar-refractivity contribution is 4.96. The van der Waals surface area contributed by atoms with Crippen LogP contribution in [0.25, 0.3) is 0 Å². The number of hydrogen-bond donors (Lipinski definition) is 1. The maximum Gasteiger partial charge on any atom is 0.0687 e. The van der Waals surface area contributed by atoms with Gasteiger partial charge in [0.15, 0.2) is 0 Å². The van der Waals surface area contributed by atoms with E-state index in [1.54, 1.807) is 0 Å². The van der Waals surface area contributed by atoms with Gasteiger partial charge in [-0.15, -0.1) is 0 Å². The Balaban J connectivity index is 1.55. The van der Waals surface area contributed by atoms with E-state index in [0.717, 1.165) is 6.42 Å². The van der Waals surface area contributed by atoms with Gasteiger partial charge in [0.2, 0.25) is 0 Å². The third kappa shape index (κ3) is 2.75.